The van der Waals surface area contributed by atoms with Crippen LogP contribution in [-0.2, 0) is 4.79 Å². The van der Waals surface area contributed by atoms with Crippen molar-refractivity contribution in [3.8, 4) is 5.88 Å². The number of anilines is 1. The maximum atomic E-state index is 11.1. The zero-order valence-corrected chi connectivity index (χ0v) is 8.54. The minimum Gasteiger partial charge on any atom is -0.481 e. The van der Waals surface area contributed by atoms with Crippen LogP contribution in [0, 0.1) is 0 Å². The predicted octanol–water partition coefficient (Wildman–Crippen LogP) is 1.66. The van der Waals surface area contributed by atoms with Gasteiger partial charge in [-0.3, -0.25) is 4.79 Å². The van der Waals surface area contributed by atoms with Crippen LogP contribution in [0.25, 0.3) is 0 Å². The van der Waals surface area contributed by atoms with Crippen molar-refractivity contribution >= 4 is 23.2 Å². The second kappa shape index (κ2) is 5.44. The largest absolute Gasteiger partial charge is 0.481 e. The zero-order valence-electron chi connectivity index (χ0n) is 7.79. The summed E-state index contributed by atoms with van der Waals surface area (Å²) in [4.78, 5) is 15.1. The standard InChI is InChI=1S/C9H11ClN2O2/c1-14-9-3-2-7(6-11-9)12-8(13)4-5-10/h2-3,6H,4-5H2,1H3,(H,12,13). The Kier molecular flexibility index (Phi) is 4.19. The fourth-order valence-corrected chi connectivity index (χ4v) is 1.06. The lowest BCUT2D eigenvalue weighted by Crippen LogP contribution is -2.11. The van der Waals surface area contributed by atoms with Gasteiger partial charge in [0.05, 0.1) is 19.0 Å². The van der Waals surface area contributed by atoms with E-state index in [-0.39, 0.29) is 5.91 Å². The van der Waals surface area contributed by atoms with Crippen LogP contribution in [0.5, 0.6) is 5.88 Å². The molecule has 76 valence electrons. The fraction of sp³-hybridized carbons (Fsp3) is 0.333. The van der Waals surface area contributed by atoms with Crippen molar-refractivity contribution in [2.24, 2.45) is 0 Å². The van der Waals surface area contributed by atoms with E-state index in [1.54, 1.807) is 12.1 Å². The molecule has 0 aliphatic carbocycles. The van der Waals surface area contributed by atoms with Crippen molar-refractivity contribution in [2.45, 2.75) is 6.42 Å². The maximum Gasteiger partial charge on any atom is 0.225 e. The van der Waals surface area contributed by atoms with Crippen LogP contribution in [0.2, 0.25) is 0 Å². The lowest BCUT2D eigenvalue weighted by atomic mass is 10.4. The number of hydrogen-bond acceptors (Lipinski definition) is 3. The van der Waals surface area contributed by atoms with Gasteiger partial charge in [-0.05, 0) is 6.07 Å². The van der Waals surface area contributed by atoms with Crippen LogP contribution in [0.15, 0.2) is 18.3 Å². The molecule has 1 rings (SSSR count). The molecule has 1 heterocycles. The lowest BCUT2D eigenvalue weighted by Gasteiger charge is -2.03. The van der Waals surface area contributed by atoms with Crippen molar-refractivity contribution in [1.82, 2.24) is 4.98 Å². The summed E-state index contributed by atoms with van der Waals surface area (Å²) in [6.45, 7) is 0. The minimum atomic E-state index is -0.119. The normalized spacial score (nSPS) is 9.57. The van der Waals surface area contributed by atoms with Gasteiger partial charge in [0, 0.05) is 18.4 Å². The van der Waals surface area contributed by atoms with Gasteiger partial charge in [0.1, 0.15) is 0 Å². The quantitative estimate of drug-likeness (QED) is 0.776. The third kappa shape index (κ3) is 3.22. The van der Waals surface area contributed by atoms with E-state index in [1.165, 1.54) is 13.3 Å². The molecule has 0 aliphatic rings. The van der Waals surface area contributed by atoms with Gasteiger partial charge in [-0.15, -0.1) is 11.6 Å². The van der Waals surface area contributed by atoms with E-state index in [0.29, 0.717) is 23.9 Å². The summed E-state index contributed by atoms with van der Waals surface area (Å²) in [5, 5.41) is 2.65. The van der Waals surface area contributed by atoms with E-state index < -0.39 is 0 Å². The monoisotopic (exact) mass is 214 g/mol. The molecular weight excluding hydrogens is 204 g/mol. The lowest BCUT2D eigenvalue weighted by molar-refractivity contribution is -0.115. The summed E-state index contributed by atoms with van der Waals surface area (Å²) in [5.74, 6) is 0.711. The Morgan fingerprint density at radius 1 is 1.64 bits per heavy atom. The second-order valence-corrected chi connectivity index (χ2v) is 2.95. The molecule has 5 heteroatoms. The number of rotatable bonds is 4. The summed E-state index contributed by atoms with van der Waals surface area (Å²) in [5.41, 5.74) is 0.640. The minimum absolute atomic E-state index is 0.119. The van der Waals surface area contributed by atoms with Gasteiger partial charge in [0.15, 0.2) is 0 Å². The van der Waals surface area contributed by atoms with Crippen LogP contribution in [0.3, 0.4) is 0 Å². The molecule has 1 N–H and O–H groups in total. The molecule has 0 atom stereocenters. The molecule has 0 aromatic carbocycles. The van der Waals surface area contributed by atoms with Gasteiger partial charge >= 0.3 is 0 Å². The van der Waals surface area contributed by atoms with Gasteiger partial charge in [-0.25, -0.2) is 4.98 Å². The van der Waals surface area contributed by atoms with Crippen LogP contribution in [-0.4, -0.2) is 23.9 Å². The van der Waals surface area contributed by atoms with Crippen molar-refractivity contribution in [3.63, 3.8) is 0 Å². The number of nitrogens with zero attached hydrogens (tertiary/aromatic N) is 1. The molecular formula is C9H11ClN2O2. The smallest absolute Gasteiger partial charge is 0.225 e. The van der Waals surface area contributed by atoms with Gasteiger partial charge in [0.2, 0.25) is 11.8 Å². The average molecular weight is 215 g/mol. The number of ether oxygens (including phenoxy) is 1. The van der Waals surface area contributed by atoms with Gasteiger partial charge in [-0.1, -0.05) is 0 Å². The third-order valence-corrected chi connectivity index (χ3v) is 1.74. The molecule has 0 saturated heterocycles. The van der Waals surface area contributed by atoms with Crippen molar-refractivity contribution < 1.29 is 9.53 Å². The van der Waals surface area contributed by atoms with E-state index in [2.05, 4.69) is 10.3 Å². The highest BCUT2D eigenvalue weighted by Crippen LogP contribution is 2.10. The number of amides is 1. The molecule has 1 aromatic heterocycles. The van der Waals surface area contributed by atoms with E-state index >= 15 is 0 Å². The first-order valence-electron chi connectivity index (χ1n) is 4.12. The molecule has 14 heavy (non-hydrogen) atoms. The number of carbonyl (C=O) groups is 1. The number of alkyl halides is 1. The number of hydrogen-bond donors (Lipinski definition) is 1. The molecule has 1 amide bonds. The van der Waals surface area contributed by atoms with E-state index in [1.807, 2.05) is 0 Å². The first-order chi connectivity index (χ1) is 6.76. The summed E-state index contributed by atoms with van der Waals surface area (Å²) < 4.78 is 4.88. The first-order valence-corrected chi connectivity index (χ1v) is 4.65. The van der Waals surface area contributed by atoms with Crippen LogP contribution in [0.4, 0.5) is 5.69 Å². The van der Waals surface area contributed by atoms with Gasteiger partial charge in [-0.2, -0.15) is 0 Å². The maximum absolute atomic E-state index is 11.1. The number of halogens is 1. The number of methoxy groups -OCH3 is 1. The van der Waals surface area contributed by atoms with Crippen LogP contribution in [0.1, 0.15) is 6.42 Å². The molecule has 0 bridgehead atoms. The van der Waals surface area contributed by atoms with Crippen molar-refractivity contribution in [3.05, 3.63) is 18.3 Å². The molecule has 0 fully saturated rings. The summed E-state index contributed by atoms with van der Waals surface area (Å²) >= 11 is 5.41. The molecule has 0 radical (unpaired) electrons. The Bertz CT molecular complexity index is 300. The average Bonchev–Trinajstić information content (AvgIpc) is 2.19. The topological polar surface area (TPSA) is 51.2 Å². The van der Waals surface area contributed by atoms with Gasteiger partial charge in [0.25, 0.3) is 0 Å². The number of carbonyl (C=O) groups excluding carboxylic acids is 1. The summed E-state index contributed by atoms with van der Waals surface area (Å²) in [7, 11) is 1.54. The number of nitrogens with one attached hydrogen (secondary N) is 1. The Morgan fingerprint density at radius 2 is 2.43 bits per heavy atom. The van der Waals surface area contributed by atoms with Crippen LogP contribution >= 0.6 is 11.6 Å². The Morgan fingerprint density at radius 3 is 2.93 bits per heavy atom. The third-order valence-electron chi connectivity index (χ3n) is 1.55. The highest BCUT2D eigenvalue weighted by Gasteiger charge is 2.01. The number of pyridine rings is 1. The molecule has 0 saturated carbocycles. The number of aromatic nitrogens is 1. The Balaban J connectivity index is 2.55. The molecule has 1 aromatic rings. The summed E-state index contributed by atoms with van der Waals surface area (Å²) in [6.07, 6.45) is 1.83. The van der Waals surface area contributed by atoms with Crippen molar-refractivity contribution in [2.75, 3.05) is 18.3 Å². The molecule has 4 nitrogen and oxygen atoms in total. The molecule has 0 aliphatic heterocycles. The fourth-order valence-electron chi connectivity index (χ4n) is 0.884. The zero-order chi connectivity index (χ0) is 10.4. The SMILES string of the molecule is COc1ccc(NC(=O)CCCl)cn1. The first kappa shape index (κ1) is 10.8. The van der Waals surface area contributed by atoms with E-state index in [0.717, 1.165) is 0 Å². The van der Waals surface area contributed by atoms with Crippen LogP contribution < -0.4 is 10.1 Å². The Hall–Kier alpha value is -1.29. The summed E-state index contributed by atoms with van der Waals surface area (Å²) in [6, 6.07) is 3.40. The van der Waals surface area contributed by atoms with Gasteiger partial charge < -0.3 is 10.1 Å². The predicted molar refractivity (Wildman–Crippen MR) is 54.8 cm³/mol. The van der Waals surface area contributed by atoms with E-state index in [9.17, 15) is 4.79 Å². The molecule has 0 unspecified atom stereocenters. The van der Waals surface area contributed by atoms with Crippen molar-refractivity contribution in [1.29, 1.82) is 0 Å². The highest BCUT2D eigenvalue weighted by molar-refractivity contribution is 6.19. The highest BCUT2D eigenvalue weighted by atomic mass is 35.5. The van der Waals surface area contributed by atoms with E-state index in [4.69, 9.17) is 16.3 Å². The second-order valence-electron chi connectivity index (χ2n) is 2.58. The molecule has 0 spiro atoms. The Labute approximate surface area is 87.2 Å².